The third-order valence-corrected chi connectivity index (χ3v) is 2.61. The second kappa shape index (κ2) is 4.99. The van der Waals surface area contributed by atoms with Gasteiger partial charge in [0.1, 0.15) is 11.5 Å². The normalized spacial score (nSPS) is 10.9. The number of furan rings is 1. The molecule has 2 aromatic rings. The molecule has 0 saturated heterocycles. The van der Waals surface area contributed by atoms with Crippen LogP contribution in [0.1, 0.15) is 29.7 Å². The number of H-pyrrole nitrogens is 1. The maximum absolute atomic E-state index is 5.60. The minimum atomic E-state index is 0.755. The molecule has 0 aliphatic rings. The minimum absolute atomic E-state index is 0.755. The molecule has 0 aromatic carbocycles. The van der Waals surface area contributed by atoms with Crippen molar-refractivity contribution in [3.63, 3.8) is 0 Å². The number of aryl methyl sites for hydroxylation is 2. The van der Waals surface area contributed by atoms with Gasteiger partial charge in [-0.15, -0.1) is 0 Å². The summed E-state index contributed by atoms with van der Waals surface area (Å²) >= 11 is 0. The maximum Gasteiger partial charge on any atom is 0.117 e. The van der Waals surface area contributed by atoms with E-state index in [0.29, 0.717) is 0 Å². The molecule has 86 valence electrons. The smallest absolute Gasteiger partial charge is 0.117 e. The average molecular weight is 219 g/mol. The van der Waals surface area contributed by atoms with E-state index in [9.17, 15) is 0 Å². The van der Waals surface area contributed by atoms with Gasteiger partial charge in [0.15, 0.2) is 0 Å². The minimum Gasteiger partial charge on any atom is -0.465 e. The number of hydrogen-bond donors (Lipinski definition) is 2. The standard InChI is InChI=1S/C12H17N3O/c1-3-11-4-5-12(16-11)8-13-6-10-7-14-15-9(10)2/h4-5,7,13H,3,6,8H2,1-2H3,(H,14,15). The van der Waals surface area contributed by atoms with E-state index < -0.39 is 0 Å². The Morgan fingerprint density at radius 1 is 1.31 bits per heavy atom. The highest BCUT2D eigenvalue weighted by Gasteiger charge is 2.02. The third-order valence-electron chi connectivity index (χ3n) is 2.61. The van der Waals surface area contributed by atoms with Gasteiger partial charge in [0, 0.05) is 24.2 Å². The van der Waals surface area contributed by atoms with Gasteiger partial charge in [-0.3, -0.25) is 5.10 Å². The van der Waals surface area contributed by atoms with Crippen molar-refractivity contribution >= 4 is 0 Å². The molecule has 0 aliphatic carbocycles. The number of rotatable bonds is 5. The Balaban J connectivity index is 1.82. The fourth-order valence-electron chi connectivity index (χ4n) is 1.58. The zero-order valence-corrected chi connectivity index (χ0v) is 9.71. The van der Waals surface area contributed by atoms with E-state index in [1.54, 1.807) is 0 Å². The molecule has 0 bridgehead atoms. The molecule has 4 heteroatoms. The molecule has 0 aliphatic heterocycles. The summed E-state index contributed by atoms with van der Waals surface area (Å²) in [5, 5.41) is 10.2. The molecule has 0 fully saturated rings. The molecule has 0 radical (unpaired) electrons. The van der Waals surface area contributed by atoms with Gasteiger partial charge in [-0.1, -0.05) is 6.92 Å². The molecule has 4 nitrogen and oxygen atoms in total. The molecule has 0 amide bonds. The lowest BCUT2D eigenvalue weighted by Crippen LogP contribution is -2.12. The van der Waals surface area contributed by atoms with Crippen molar-refractivity contribution in [1.82, 2.24) is 15.5 Å². The zero-order chi connectivity index (χ0) is 11.4. The van der Waals surface area contributed by atoms with Gasteiger partial charge >= 0.3 is 0 Å². The van der Waals surface area contributed by atoms with Gasteiger partial charge in [-0.05, 0) is 19.1 Å². The van der Waals surface area contributed by atoms with Crippen molar-refractivity contribution in [2.24, 2.45) is 0 Å². The van der Waals surface area contributed by atoms with E-state index in [1.165, 1.54) is 5.56 Å². The Bertz CT molecular complexity index is 445. The van der Waals surface area contributed by atoms with Crippen molar-refractivity contribution in [2.75, 3.05) is 0 Å². The van der Waals surface area contributed by atoms with E-state index in [2.05, 4.69) is 22.4 Å². The molecule has 0 saturated carbocycles. The Morgan fingerprint density at radius 3 is 2.75 bits per heavy atom. The average Bonchev–Trinajstić information content (AvgIpc) is 2.89. The summed E-state index contributed by atoms with van der Waals surface area (Å²) in [6.07, 6.45) is 2.79. The van der Waals surface area contributed by atoms with Crippen molar-refractivity contribution in [3.8, 4) is 0 Å². The number of aromatic amines is 1. The first-order valence-electron chi connectivity index (χ1n) is 5.56. The van der Waals surface area contributed by atoms with Crippen molar-refractivity contribution < 1.29 is 4.42 Å². The Labute approximate surface area is 95.1 Å². The van der Waals surface area contributed by atoms with Crippen LogP contribution < -0.4 is 5.32 Å². The molecule has 0 unspecified atom stereocenters. The first-order chi connectivity index (χ1) is 7.79. The van der Waals surface area contributed by atoms with Crippen LogP contribution in [0.25, 0.3) is 0 Å². The van der Waals surface area contributed by atoms with E-state index in [1.807, 2.05) is 25.3 Å². The third kappa shape index (κ3) is 2.52. The summed E-state index contributed by atoms with van der Waals surface area (Å²) in [6.45, 7) is 5.67. The van der Waals surface area contributed by atoms with Gasteiger partial charge in [-0.25, -0.2) is 0 Å². The highest BCUT2D eigenvalue weighted by Crippen LogP contribution is 2.08. The van der Waals surface area contributed by atoms with Gasteiger partial charge in [0.05, 0.1) is 12.7 Å². The van der Waals surface area contributed by atoms with Gasteiger partial charge < -0.3 is 9.73 Å². The Hall–Kier alpha value is -1.55. The summed E-state index contributed by atoms with van der Waals surface area (Å²) in [4.78, 5) is 0. The van der Waals surface area contributed by atoms with Crippen molar-refractivity contribution in [1.29, 1.82) is 0 Å². The van der Waals surface area contributed by atoms with E-state index in [4.69, 9.17) is 4.42 Å². The Morgan fingerprint density at radius 2 is 2.12 bits per heavy atom. The number of nitrogens with zero attached hydrogens (tertiary/aromatic N) is 1. The van der Waals surface area contributed by atoms with Crippen LogP contribution >= 0.6 is 0 Å². The summed E-state index contributed by atoms with van der Waals surface area (Å²) in [7, 11) is 0. The summed E-state index contributed by atoms with van der Waals surface area (Å²) in [6, 6.07) is 4.05. The van der Waals surface area contributed by atoms with Crippen molar-refractivity contribution in [3.05, 3.63) is 41.1 Å². The predicted octanol–water partition coefficient (Wildman–Crippen LogP) is 2.16. The van der Waals surface area contributed by atoms with E-state index in [0.717, 1.165) is 36.7 Å². The highest BCUT2D eigenvalue weighted by atomic mass is 16.3. The van der Waals surface area contributed by atoms with Gasteiger partial charge in [0.25, 0.3) is 0 Å². The zero-order valence-electron chi connectivity index (χ0n) is 9.71. The molecule has 0 spiro atoms. The SMILES string of the molecule is CCc1ccc(CNCc2cn[nH]c2C)o1. The first-order valence-corrected chi connectivity index (χ1v) is 5.56. The molecule has 2 aromatic heterocycles. The number of nitrogens with one attached hydrogen (secondary N) is 2. The molecule has 0 atom stereocenters. The number of aromatic nitrogens is 2. The summed E-state index contributed by atoms with van der Waals surface area (Å²) in [5.41, 5.74) is 2.31. The molecule has 2 N–H and O–H groups in total. The predicted molar refractivity (Wildman–Crippen MR) is 62.0 cm³/mol. The van der Waals surface area contributed by atoms with Gasteiger partial charge in [-0.2, -0.15) is 5.10 Å². The van der Waals surface area contributed by atoms with Gasteiger partial charge in [0.2, 0.25) is 0 Å². The quantitative estimate of drug-likeness (QED) is 0.810. The van der Waals surface area contributed by atoms with E-state index >= 15 is 0 Å². The second-order valence-electron chi connectivity index (χ2n) is 3.85. The van der Waals surface area contributed by atoms with Crippen LogP contribution in [-0.2, 0) is 19.5 Å². The summed E-state index contributed by atoms with van der Waals surface area (Å²) < 4.78 is 5.60. The van der Waals surface area contributed by atoms with Crippen LogP contribution in [0.3, 0.4) is 0 Å². The molecular weight excluding hydrogens is 202 g/mol. The number of hydrogen-bond acceptors (Lipinski definition) is 3. The Kier molecular flexibility index (Phi) is 3.41. The van der Waals surface area contributed by atoms with E-state index in [-0.39, 0.29) is 0 Å². The van der Waals surface area contributed by atoms with Crippen LogP contribution in [0, 0.1) is 6.92 Å². The van der Waals surface area contributed by atoms with Crippen LogP contribution in [0.15, 0.2) is 22.7 Å². The fraction of sp³-hybridized carbons (Fsp3) is 0.417. The largest absolute Gasteiger partial charge is 0.465 e. The highest BCUT2D eigenvalue weighted by molar-refractivity contribution is 5.14. The molecule has 2 rings (SSSR count). The second-order valence-corrected chi connectivity index (χ2v) is 3.85. The first kappa shape index (κ1) is 11.0. The fourth-order valence-corrected chi connectivity index (χ4v) is 1.58. The topological polar surface area (TPSA) is 53.9 Å². The maximum atomic E-state index is 5.60. The van der Waals surface area contributed by atoms with Crippen LogP contribution in [0.2, 0.25) is 0 Å². The van der Waals surface area contributed by atoms with Crippen LogP contribution in [0.5, 0.6) is 0 Å². The lowest BCUT2D eigenvalue weighted by molar-refractivity contribution is 0.450. The molecular formula is C12H17N3O. The van der Waals surface area contributed by atoms with Crippen molar-refractivity contribution in [2.45, 2.75) is 33.4 Å². The molecule has 2 heterocycles. The van der Waals surface area contributed by atoms with Crippen LogP contribution in [0.4, 0.5) is 0 Å². The summed E-state index contributed by atoms with van der Waals surface area (Å²) in [5.74, 6) is 2.02. The lowest BCUT2D eigenvalue weighted by atomic mass is 10.2. The molecule has 16 heavy (non-hydrogen) atoms. The monoisotopic (exact) mass is 219 g/mol. The van der Waals surface area contributed by atoms with Crippen LogP contribution in [-0.4, -0.2) is 10.2 Å². The lowest BCUT2D eigenvalue weighted by Gasteiger charge is -2.01.